The van der Waals surface area contributed by atoms with E-state index in [1.54, 1.807) is 24.3 Å². The summed E-state index contributed by atoms with van der Waals surface area (Å²) in [5, 5.41) is 10.8. The fourth-order valence-corrected chi connectivity index (χ4v) is 3.60. The normalized spacial score (nSPS) is 13.1. The van der Waals surface area contributed by atoms with Crippen molar-refractivity contribution in [2.75, 3.05) is 19.7 Å². The molecule has 1 aromatic carbocycles. The van der Waals surface area contributed by atoms with Crippen LogP contribution in [0.15, 0.2) is 35.5 Å². The van der Waals surface area contributed by atoms with Crippen LogP contribution in [0, 0.1) is 0 Å². The minimum absolute atomic E-state index is 0.0887. The zero-order valence-electron chi connectivity index (χ0n) is 13.8. The highest BCUT2D eigenvalue weighted by Gasteiger charge is 2.25. The summed E-state index contributed by atoms with van der Waals surface area (Å²) in [4.78, 5) is 0. The quantitative estimate of drug-likeness (QED) is 0.598. The molecule has 2 rings (SSSR count). The lowest BCUT2D eigenvalue weighted by molar-refractivity contribution is -0.0747. The fourth-order valence-electron chi connectivity index (χ4n) is 2.28. The Morgan fingerprint density at radius 2 is 1.96 bits per heavy atom. The van der Waals surface area contributed by atoms with Gasteiger partial charge in [-0.25, -0.2) is 8.42 Å². The maximum atomic E-state index is 12.6. The molecule has 0 aliphatic carbocycles. The first-order valence-electron chi connectivity index (χ1n) is 7.75. The summed E-state index contributed by atoms with van der Waals surface area (Å²) < 4.78 is 36.9. The number of rotatable bonds is 10. The Kier molecular flexibility index (Phi) is 6.83. The summed E-state index contributed by atoms with van der Waals surface area (Å²) in [6.07, 6.45) is 1.85. The van der Waals surface area contributed by atoms with Crippen LogP contribution in [0.2, 0.25) is 0 Å². The molecule has 0 aliphatic rings. The minimum Gasteiger partial charge on any atom is -0.359 e. The fraction of sp³-hybridized carbons (Fsp3) is 0.533. The summed E-state index contributed by atoms with van der Waals surface area (Å²) in [5.74, 6) is -0.0887. The third-order valence-corrected chi connectivity index (χ3v) is 5.04. The van der Waals surface area contributed by atoms with Gasteiger partial charge in [-0.3, -0.25) is 0 Å². The van der Waals surface area contributed by atoms with Gasteiger partial charge in [0.15, 0.2) is 0 Å². The molecule has 0 amide bonds. The van der Waals surface area contributed by atoms with Crippen LogP contribution in [0.25, 0.3) is 5.69 Å². The lowest BCUT2D eigenvalue weighted by atomic mass is 10.2. The molecule has 0 N–H and O–H groups in total. The van der Waals surface area contributed by atoms with Gasteiger partial charge in [-0.1, -0.05) is 36.6 Å². The van der Waals surface area contributed by atoms with E-state index in [9.17, 15) is 8.42 Å². The van der Waals surface area contributed by atoms with Gasteiger partial charge in [-0.2, -0.15) is 4.68 Å². The van der Waals surface area contributed by atoms with Crippen molar-refractivity contribution in [1.82, 2.24) is 20.2 Å². The van der Waals surface area contributed by atoms with Crippen LogP contribution in [-0.2, 0) is 19.3 Å². The molecule has 8 nitrogen and oxygen atoms in total. The highest BCUT2D eigenvalue weighted by Crippen LogP contribution is 2.16. The van der Waals surface area contributed by atoms with Crippen molar-refractivity contribution in [1.29, 1.82) is 0 Å². The van der Waals surface area contributed by atoms with Crippen molar-refractivity contribution in [2.24, 2.45) is 0 Å². The molecule has 1 atom stereocenters. The van der Waals surface area contributed by atoms with Crippen molar-refractivity contribution < 1.29 is 17.9 Å². The molecule has 0 aliphatic heterocycles. The average Bonchev–Trinajstić information content (AvgIpc) is 3.09. The van der Waals surface area contributed by atoms with Gasteiger partial charge < -0.3 is 9.47 Å². The summed E-state index contributed by atoms with van der Waals surface area (Å²) in [7, 11) is -2.09. The average molecular weight is 354 g/mol. The number of sulfone groups is 1. The Bertz CT molecular complexity index is 718. The summed E-state index contributed by atoms with van der Waals surface area (Å²) in [5.41, 5.74) is 0.599. The molecule has 2 aromatic rings. The van der Waals surface area contributed by atoms with Gasteiger partial charge in [-0.05, 0) is 35.4 Å². The number of methoxy groups -OCH3 is 1. The van der Waals surface area contributed by atoms with Gasteiger partial charge in [0, 0.05) is 7.11 Å². The molecular formula is C15H22N4O4S. The molecule has 0 saturated heterocycles. The lowest BCUT2D eigenvalue weighted by Gasteiger charge is -2.16. The van der Waals surface area contributed by atoms with E-state index in [2.05, 4.69) is 15.5 Å². The monoisotopic (exact) mass is 354 g/mol. The van der Waals surface area contributed by atoms with Crippen LogP contribution >= 0.6 is 0 Å². The third kappa shape index (κ3) is 4.83. The van der Waals surface area contributed by atoms with E-state index in [0.717, 1.165) is 12.8 Å². The van der Waals surface area contributed by atoms with Crippen LogP contribution in [0.4, 0.5) is 0 Å². The molecular weight excluding hydrogens is 332 g/mol. The third-order valence-electron chi connectivity index (χ3n) is 3.46. The van der Waals surface area contributed by atoms with E-state index in [-0.39, 0.29) is 23.8 Å². The Labute approximate surface area is 141 Å². The van der Waals surface area contributed by atoms with E-state index >= 15 is 0 Å². The van der Waals surface area contributed by atoms with Gasteiger partial charge in [0.05, 0.1) is 17.5 Å². The highest BCUT2D eigenvalue weighted by atomic mass is 32.2. The van der Waals surface area contributed by atoms with Gasteiger partial charge in [-0.15, -0.1) is 0 Å². The molecule has 0 bridgehead atoms. The maximum Gasteiger partial charge on any atom is 0.272 e. The first-order valence-corrected chi connectivity index (χ1v) is 9.40. The largest absolute Gasteiger partial charge is 0.359 e. The van der Waals surface area contributed by atoms with E-state index < -0.39 is 9.84 Å². The number of hydrogen-bond acceptors (Lipinski definition) is 7. The van der Waals surface area contributed by atoms with Gasteiger partial charge in [0.2, 0.25) is 9.84 Å². The smallest absolute Gasteiger partial charge is 0.272 e. The molecule has 0 spiro atoms. The predicted molar refractivity (Wildman–Crippen MR) is 87.5 cm³/mol. The van der Waals surface area contributed by atoms with E-state index in [1.165, 1.54) is 11.8 Å². The van der Waals surface area contributed by atoms with Crippen LogP contribution in [0.5, 0.6) is 0 Å². The number of benzene rings is 1. The second kappa shape index (κ2) is 8.86. The number of ether oxygens (including phenoxy) is 2. The number of aromatic nitrogens is 4. The molecule has 0 saturated carbocycles. The second-order valence-corrected chi connectivity index (χ2v) is 7.30. The first-order chi connectivity index (χ1) is 11.6. The van der Waals surface area contributed by atoms with E-state index in [0.29, 0.717) is 12.1 Å². The highest BCUT2D eigenvalue weighted by molar-refractivity contribution is 7.91. The molecule has 0 radical (unpaired) electrons. The van der Waals surface area contributed by atoms with E-state index in [4.69, 9.17) is 9.47 Å². The zero-order chi connectivity index (χ0) is 17.4. The van der Waals surface area contributed by atoms with Crippen LogP contribution in [0.3, 0.4) is 0 Å². The van der Waals surface area contributed by atoms with Crippen LogP contribution in [-0.4, -0.2) is 54.4 Å². The number of hydrogen-bond donors (Lipinski definition) is 0. The van der Waals surface area contributed by atoms with Crippen molar-refractivity contribution in [3.05, 3.63) is 30.3 Å². The number of tetrazole rings is 1. The predicted octanol–water partition coefficient (Wildman–Crippen LogP) is 1.62. The topological polar surface area (TPSA) is 96.2 Å². The summed E-state index contributed by atoms with van der Waals surface area (Å²) in [6, 6.07) is 8.92. The van der Waals surface area contributed by atoms with Crippen LogP contribution < -0.4 is 0 Å². The minimum atomic E-state index is -3.63. The van der Waals surface area contributed by atoms with Crippen molar-refractivity contribution in [2.45, 2.75) is 37.4 Å². The van der Waals surface area contributed by atoms with Gasteiger partial charge in [0.25, 0.3) is 5.16 Å². The zero-order valence-corrected chi connectivity index (χ0v) is 14.6. The van der Waals surface area contributed by atoms with Crippen molar-refractivity contribution in [3.63, 3.8) is 0 Å². The first kappa shape index (κ1) is 18.5. The Hall–Kier alpha value is -1.84. The maximum absolute atomic E-state index is 12.6. The summed E-state index contributed by atoms with van der Waals surface area (Å²) >= 11 is 0. The molecule has 24 heavy (non-hydrogen) atoms. The standard InChI is InChI=1S/C15H22N4O4S/c1-3-7-14(23-12-22-2)10-11-24(20,21)15-16-17-18-19(15)13-8-5-4-6-9-13/h4-6,8-9,14H,3,7,10-12H2,1-2H3/t14-/m0/s1. The molecule has 132 valence electrons. The van der Waals surface area contributed by atoms with Crippen molar-refractivity contribution >= 4 is 9.84 Å². The Morgan fingerprint density at radius 1 is 1.21 bits per heavy atom. The summed E-state index contributed by atoms with van der Waals surface area (Å²) in [6.45, 7) is 2.17. The molecule has 1 aromatic heterocycles. The Balaban J connectivity index is 2.12. The van der Waals surface area contributed by atoms with Crippen LogP contribution in [0.1, 0.15) is 26.2 Å². The Morgan fingerprint density at radius 3 is 2.62 bits per heavy atom. The van der Waals surface area contributed by atoms with Gasteiger partial charge in [0.1, 0.15) is 6.79 Å². The SMILES string of the molecule is CCC[C@@H](CCS(=O)(=O)c1nnnn1-c1ccccc1)OCOC. The number of nitrogens with zero attached hydrogens (tertiary/aromatic N) is 4. The van der Waals surface area contributed by atoms with Gasteiger partial charge >= 0.3 is 0 Å². The molecule has 0 unspecified atom stereocenters. The number of para-hydroxylation sites is 1. The molecule has 1 heterocycles. The molecule has 0 fully saturated rings. The second-order valence-electron chi connectivity index (χ2n) is 5.30. The van der Waals surface area contributed by atoms with E-state index in [1.807, 2.05) is 13.0 Å². The van der Waals surface area contributed by atoms with Crippen molar-refractivity contribution in [3.8, 4) is 5.69 Å². The lowest BCUT2D eigenvalue weighted by Crippen LogP contribution is -2.21. The molecule has 9 heteroatoms.